The van der Waals surface area contributed by atoms with E-state index in [1.165, 1.54) is 21.9 Å². The lowest BCUT2D eigenvalue weighted by molar-refractivity contribution is 1.48. The molecule has 0 N–H and O–H groups in total. The number of benzene rings is 3. The van der Waals surface area contributed by atoms with Gasteiger partial charge in [-0.3, -0.25) is 0 Å². The number of rotatable bonds is 0. The predicted molar refractivity (Wildman–Crippen MR) is 79.9 cm³/mol. The van der Waals surface area contributed by atoms with Gasteiger partial charge in [0.05, 0.1) is 0 Å². The van der Waals surface area contributed by atoms with Crippen LogP contribution >= 0.6 is 0 Å². The fraction of sp³-hybridized carbons (Fsp3) is 0.111. The van der Waals surface area contributed by atoms with Crippen molar-refractivity contribution in [3.05, 3.63) is 83.9 Å². The molecule has 0 saturated heterocycles. The highest BCUT2D eigenvalue weighted by atomic mass is 13.9. The first-order valence-electron chi connectivity index (χ1n) is 6.23. The summed E-state index contributed by atoms with van der Waals surface area (Å²) in [5.41, 5.74) is 2.64. The second-order valence-corrected chi connectivity index (χ2v) is 4.51. The van der Waals surface area contributed by atoms with Crippen LogP contribution in [0.15, 0.2) is 72.8 Å². The molecule has 0 fully saturated rings. The fourth-order valence-electron chi connectivity index (χ4n) is 1.84. The summed E-state index contributed by atoms with van der Waals surface area (Å²) in [6.45, 7) is 4.20. The third-order valence-electron chi connectivity index (χ3n) is 2.85. The van der Waals surface area contributed by atoms with E-state index in [-0.39, 0.29) is 0 Å². The molecule has 0 radical (unpaired) electrons. The van der Waals surface area contributed by atoms with Crippen molar-refractivity contribution >= 4 is 10.8 Å². The Bertz CT molecular complexity index is 609. The van der Waals surface area contributed by atoms with Gasteiger partial charge in [0.15, 0.2) is 0 Å². The number of hydrogen-bond donors (Lipinski definition) is 0. The van der Waals surface area contributed by atoms with Gasteiger partial charge in [-0.1, -0.05) is 83.9 Å². The van der Waals surface area contributed by atoms with E-state index in [2.05, 4.69) is 68.4 Å². The molecule has 3 aromatic rings. The molecule has 0 bridgehead atoms. The third-order valence-corrected chi connectivity index (χ3v) is 2.85. The van der Waals surface area contributed by atoms with Crippen LogP contribution in [0.3, 0.4) is 0 Å². The Morgan fingerprint density at radius 3 is 1.72 bits per heavy atom. The van der Waals surface area contributed by atoms with Crippen LogP contribution in [0.25, 0.3) is 10.8 Å². The Balaban J connectivity index is 0.000000149. The lowest BCUT2D eigenvalue weighted by Gasteiger charge is -1.96. The van der Waals surface area contributed by atoms with E-state index in [0.717, 1.165) is 0 Å². The minimum absolute atomic E-state index is 1.32. The average molecular weight is 234 g/mol. The van der Waals surface area contributed by atoms with E-state index in [4.69, 9.17) is 0 Å². The maximum absolute atomic E-state index is 2.20. The largest absolute Gasteiger partial charge is 0.0622 e. The molecule has 0 aliphatic heterocycles. The Morgan fingerprint density at radius 1 is 0.500 bits per heavy atom. The molecular formula is C18H18. The molecular weight excluding hydrogens is 216 g/mol. The van der Waals surface area contributed by atoms with Crippen molar-refractivity contribution in [2.75, 3.05) is 0 Å². The van der Waals surface area contributed by atoms with Gasteiger partial charge in [-0.05, 0) is 24.6 Å². The first-order valence-corrected chi connectivity index (χ1v) is 6.23. The second-order valence-electron chi connectivity index (χ2n) is 4.51. The number of fused-ring (bicyclic) bond motifs is 1. The molecule has 0 unspecified atom stereocenters. The summed E-state index contributed by atoms with van der Waals surface area (Å²) in [6.07, 6.45) is 0. The van der Waals surface area contributed by atoms with Crippen LogP contribution in [0.5, 0.6) is 0 Å². The molecule has 0 spiro atoms. The zero-order valence-corrected chi connectivity index (χ0v) is 10.9. The summed E-state index contributed by atoms with van der Waals surface area (Å²) >= 11 is 0. The van der Waals surface area contributed by atoms with Crippen LogP contribution in [0.2, 0.25) is 0 Å². The summed E-state index contributed by atoms with van der Waals surface area (Å²) in [6, 6.07) is 25.2. The van der Waals surface area contributed by atoms with Crippen molar-refractivity contribution in [1.82, 2.24) is 0 Å². The number of hydrogen-bond acceptors (Lipinski definition) is 0. The van der Waals surface area contributed by atoms with Crippen LogP contribution in [-0.4, -0.2) is 0 Å². The molecule has 0 atom stereocenters. The second kappa shape index (κ2) is 6.02. The summed E-state index contributed by atoms with van der Waals surface area (Å²) in [5.74, 6) is 0. The minimum Gasteiger partial charge on any atom is -0.0622 e. The van der Waals surface area contributed by atoms with Gasteiger partial charge in [0.25, 0.3) is 0 Å². The van der Waals surface area contributed by atoms with E-state index in [1.54, 1.807) is 0 Å². The molecule has 90 valence electrons. The van der Waals surface area contributed by atoms with E-state index < -0.39 is 0 Å². The van der Waals surface area contributed by atoms with Crippen LogP contribution < -0.4 is 0 Å². The standard InChI is InChI=1S/C11H10.C7H8/c1-9-6-7-10-4-2-3-5-11(10)8-9;1-7-5-3-2-4-6-7/h2-8H,1H3;2-6H,1H3. The van der Waals surface area contributed by atoms with E-state index >= 15 is 0 Å². The molecule has 18 heavy (non-hydrogen) atoms. The van der Waals surface area contributed by atoms with Gasteiger partial charge in [-0.2, -0.15) is 0 Å². The van der Waals surface area contributed by atoms with Gasteiger partial charge < -0.3 is 0 Å². The first-order chi connectivity index (χ1) is 8.75. The minimum atomic E-state index is 1.32. The van der Waals surface area contributed by atoms with Gasteiger partial charge in [-0.25, -0.2) is 0 Å². The van der Waals surface area contributed by atoms with Gasteiger partial charge in [0.1, 0.15) is 0 Å². The van der Waals surface area contributed by atoms with Crippen LogP contribution in [0.1, 0.15) is 11.1 Å². The zero-order chi connectivity index (χ0) is 12.8. The predicted octanol–water partition coefficient (Wildman–Crippen LogP) is 5.14. The molecule has 0 amide bonds. The SMILES string of the molecule is Cc1ccc2ccccc2c1.Cc1ccccc1. The Hall–Kier alpha value is -2.08. The van der Waals surface area contributed by atoms with Crippen molar-refractivity contribution in [3.8, 4) is 0 Å². The summed E-state index contributed by atoms with van der Waals surface area (Å²) in [7, 11) is 0. The molecule has 0 aromatic heterocycles. The van der Waals surface area contributed by atoms with Crippen molar-refractivity contribution in [2.45, 2.75) is 13.8 Å². The maximum Gasteiger partial charge on any atom is -0.0181 e. The summed E-state index contributed by atoms with van der Waals surface area (Å²) in [5, 5.41) is 2.64. The molecule has 0 aliphatic carbocycles. The average Bonchev–Trinajstić information content (AvgIpc) is 2.40. The molecule has 0 heterocycles. The molecule has 0 heteroatoms. The molecule has 0 aliphatic rings. The Morgan fingerprint density at radius 2 is 1.11 bits per heavy atom. The van der Waals surface area contributed by atoms with Gasteiger partial charge in [0, 0.05) is 0 Å². The Kier molecular flexibility index (Phi) is 4.14. The molecule has 3 rings (SSSR count). The summed E-state index contributed by atoms with van der Waals surface area (Å²) < 4.78 is 0. The maximum atomic E-state index is 2.20. The molecule has 0 nitrogen and oxygen atoms in total. The van der Waals surface area contributed by atoms with Crippen LogP contribution in [-0.2, 0) is 0 Å². The highest BCUT2D eigenvalue weighted by Gasteiger charge is 1.89. The molecule has 3 aromatic carbocycles. The van der Waals surface area contributed by atoms with Crippen LogP contribution in [0, 0.1) is 13.8 Å². The molecule has 0 saturated carbocycles. The topological polar surface area (TPSA) is 0 Å². The van der Waals surface area contributed by atoms with Crippen molar-refractivity contribution in [1.29, 1.82) is 0 Å². The zero-order valence-electron chi connectivity index (χ0n) is 10.9. The monoisotopic (exact) mass is 234 g/mol. The third kappa shape index (κ3) is 3.46. The normalized spacial score (nSPS) is 9.67. The highest BCUT2D eigenvalue weighted by molar-refractivity contribution is 5.82. The van der Waals surface area contributed by atoms with Crippen LogP contribution in [0.4, 0.5) is 0 Å². The highest BCUT2D eigenvalue weighted by Crippen LogP contribution is 2.14. The van der Waals surface area contributed by atoms with Crippen molar-refractivity contribution < 1.29 is 0 Å². The first kappa shape index (κ1) is 12.4. The van der Waals surface area contributed by atoms with Crippen molar-refractivity contribution in [2.24, 2.45) is 0 Å². The lowest BCUT2D eigenvalue weighted by Crippen LogP contribution is -1.73. The smallest absolute Gasteiger partial charge is 0.0181 e. The lowest BCUT2D eigenvalue weighted by atomic mass is 10.1. The van der Waals surface area contributed by atoms with Crippen molar-refractivity contribution in [3.63, 3.8) is 0 Å². The van der Waals surface area contributed by atoms with E-state index in [1.807, 2.05) is 18.2 Å². The summed E-state index contributed by atoms with van der Waals surface area (Å²) in [4.78, 5) is 0. The van der Waals surface area contributed by atoms with Gasteiger partial charge >= 0.3 is 0 Å². The number of aryl methyl sites for hydroxylation is 2. The Labute approximate surface area is 109 Å². The quantitative estimate of drug-likeness (QED) is 0.505. The van der Waals surface area contributed by atoms with Gasteiger partial charge in [0.2, 0.25) is 0 Å². The van der Waals surface area contributed by atoms with Gasteiger partial charge in [-0.15, -0.1) is 0 Å². The fourth-order valence-corrected chi connectivity index (χ4v) is 1.84. The van der Waals surface area contributed by atoms with E-state index in [9.17, 15) is 0 Å². The van der Waals surface area contributed by atoms with E-state index in [0.29, 0.717) is 0 Å².